The Bertz CT molecular complexity index is 1090. The van der Waals surface area contributed by atoms with Crippen molar-refractivity contribution in [3.05, 3.63) is 78.6 Å². The van der Waals surface area contributed by atoms with Crippen LogP contribution in [0.25, 0.3) is 11.3 Å². The van der Waals surface area contributed by atoms with E-state index in [4.69, 9.17) is 0 Å². The van der Waals surface area contributed by atoms with Gasteiger partial charge in [-0.3, -0.25) is 9.67 Å². The maximum absolute atomic E-state index is 13.2. The molecule has 0 saturated heterocycles. The molecule has 1 unspecified atom stereocenters. The van der Waals surface area contributed by atoms with Crippen molar-refractivity contribution in [3.8, 4) is 11.3 Å². The zero-order valence-corrected chi connectivity index (χ0v) is 16.0. The number of hydrogen-bond donors (Lipinski definition) is 2. The molecule has 0 aliphatic rings. The number of rotatable bonds is 6. The second kappa shape index (κ2) is 8.05. The van der Waals surface area contributed by atoms with E-state index < -0.39 is 0 Å². The molecule has 29 heavy (non-hydrogen) atoms. The molecule has 0 spiro atoms. The van der Waals surface area contributed by atoms with Crippen molar-refractivity contribution < 1.29 is 4.39 Å². The van der Waals surface area contributed by atoms with Crippen molar-refractivity contribution >= 4 is 17.5 Å². The van der Waals surface area contributed by atoms with E-state index in [1.807, 2.05) is 32.2 Å². The molecule has 0 bridgehead atoms. The third-order valence-corrected chi connectivity index (χ3v) is 4.50. The first-order chi connectivity index (χ1) is 14.1. The van der Waals surface area contributed by atoms with Crippen LogP contribution in [0.3, 0.4) is 0 Å². The molecular formula is C21H20FN7. The van der Waals surface area contributed by atoms with Gasteiger partial charge in [0.05, 0.1) is 11.9 Å². The minimum atomic E-state index is -0.257. The minimum Gasteiger partial charge on any atom is -0.363 e. The number of halogens is 1. The molecule has 0 saturated carbocycles. The van der Waals surface area contributed by atoms with Crippen LogP contribution >= 0.6 is 0 Å². The summed E-state index contributed by atoms with van der Waals surface area (Å²) < 4.78 is 15.0. The Balaban J connectivity index is 1.67. The van der Waals surface area contributed by atoms with E-state index in [-0.39, 0.29) is 11.9 Å². The zero-order chi connectivity index (χ0) is 20.2. The van der Waals surface area contributed by atoms with Gasteiger partial charge in [-0.2, -0.15) is 5.10 Å². The van der Waals surface area contributed by atoms with Crippen molar-refractivity contribution in [2.75, 3.05) is 10.6 Å². The molecule has 8 heteroatoms. The average molecular weight is 389 g/mol. The fraction of sp³-hybridized carbons (Fsp3) is 0.143. The smallest absolute Gasteiger partial charge is 0.150 e. The van der Waals surface area contributed by atoms with Gasteiger partial charge in [0, 0.05) is 37.2 Å². The largest absolute Gasteiger partial charge is 0.363 e. The van der Waals surface area contributed by atoms with Crippen LogP contribution in [0.4, 0.5) is 21.8 Å². The summed E-state index contributed by atoms with van der Waals surface area (Å²) in [6.45, 7) is 2.00. The summed E-state index contributed by atoms with van der Waals surface area (Å²) in [7, 11) is 1.89. The summed E-state index contributed by atoms with van der Waals surface area (Å²) in [4.78, 5) is 13.0. The monoisotopic (exact) mass is 389 g/mol. The second-order valence-corrected chi connectivity index (χ2v) is 6.60. The second-order valence-electron chi connectivity index (χ2n) is 6.60. The topological polar surface area (TPSA) is 80.5 Å². The average Bonchev–Trinajstić information content (AvgIpc) is 3.15. The molecule has 1 atom stereocenters. The first-order valence-corrected chi connectivity index (χ1v) is 9.14. The lowest BCUT2D eigenvalue weighted by molar-refractivity contribution is 0.626. The first-order valence-electron chi connectivity index (χ1n) is 9.14. The van der Waals surface area contributed by atoms with Crippen LogP contribution in [0.15, 0.2) is 67.3 Å². The van der Waals surface area contributed by atoms with E-state index >= 15 is 0 Å². The highest BCUT2D eigenvalue weighted by atomic mass is 19.1. The Labute approximate surface area is 167 Å². The van der Waals surface area contributed by atoms with Crippen LogP contribution in [0, 0.1) is 5.82 Å². The molecule has 7 nitrogen and oxygen atoms in total. The van der Waals surface area contributed by atoms with Crippen molar-refractivity contribution in [2.45, 2.75) is 13.0 Å². The van der Waals surface area contributed by atoms with Gasteiger partial charge in [0.1, 0.15) is 23.3 Å². The predicted octanol–water partition coefficient (Wildman–Crippen LogP) is 4.33. The molecule has 0 amide bonds. The number of pyridine rings is 1. The Hall–Kier alpha value is -3.81. The summed E-state index contributed by atoms with van der Waals surface area (Å²) in [6.07, 6.45) is 6.61. The Morgan fingerprint density at radius 2 is 1.76 bits per heavy atom. The van der Waals surface area contributed by atoms with Crippen LogP contribution in [0.2, 0.25) is 0 Å². The fourth-order valence-corrected chi connectivity index (χ4v) is 3.02. The number of aryl methyl sites for hydroxylation is 1. The number of aromatic nitrogens is 5. The maximum atomic E-state index is 13.2. The van der Waals surface area contributed by atoms with Crippen LogP contribution in [0.5, 0.6) is 0 Å². The number of nitrogens with one attached hydrogen (secondary N) is 2. The van der Waals surface area contributed by atoms with Crippen LogP contribution in [-0.2, 0) is 7.05 Å². The molecule has 0 fully saturated rings. The van der Waals surface area contributed by atoms with Crippen molar-refractivity contribution in [3.63, 3.8) is 0 Å². The van der Waals surface area contributed by atoms with Gasteiger partial charge < -0.3 is 10.6 Å². The van der Waals surface area contributed by atoms with Gasteiger partial charge in [-0.15, -0.1) is 0 Å². The number of nitrogens with zero attached hydrogens (tertiary/aromatic N) is 5. The molecule has 3 heterocycles. The molecule has 2 N–H and O–H groups in total. The maximum Gasteiger partial charge on any atom is 0.150 e. The van der Waals surface area contributed by atoms with Crippen molar-refractivity contribution in [2.24, 2.45) is 7.05 Å². The number of hydrogen-bond acceptors (Lipinski definition) is 6. The highest BCUT2D eigenvalue weighted by Gasteiger charge is 2.12. The zero-order valence-electron chi connectivity index (χ0n) is 16.0. The van der Waals surface area contributed by atoms with Gasteiger partial charge in [0.15, 0.2) is 0 Å². The molecule has 4 rings (SSSR count). The van der Waals surface area contributed by atoms with Crippen molar-refractivity contribution in [1.82, 2.24) is 24.7 Å². The number of benzene rings is 1. The standard InChI is InChI=1S/C21H20FN7/c1-14(15-3-5-17(22)6-4-15)26-19-11-16(18-7-8-25-29(18)2)12-20(27-19)28-21-13-23-9-10-24-21/h3-14H,1-2H3,(H2,24,26,27,28). The fourth-order valence-electron chi connectivity index (χ4n) is 3.02. The lowest BCUT2D eigenvalue weighted by atomic mass is 10.1. The van der Waals surface area contributed by atoms with Crippen LogP contribution in [-0.4, -0.2) is 24.7 Å². The van der Waals surface area contributed by atoms with Gasteiger partial charge in [-0.25, -0.2) is 14.4 Å². The molecule has 1 aromatic carbocycles. The molecule has 146 valence electrons. The normalized spacial score (nSPS) is 11.8. The third kappa shape index (κ3) is 4.37. The van der Waals surface area contributed by atoms with Gasteiger partial charge in [0.25, 0.3) is 0 Å². The Kier molecular flexibility index (Phi) is 5.15. The highest BCUT2D eigenvalue weighted by molar-refractivity contribution is 5.69. The molecule has 4 aromatic rings. The first kappa shape index (κ1) is 18.5. The van der Waals surface area contributed by atoms with E-state index in [2.05, 4.69) is 30.7 Å². The Morgan fingerprint density at radius 3 is 2.45 bits per heavy atom. The van der Waals surface area contributed by atoms with E-state index in [1.54, 1.807) is 41.6 Å². The highest BCUT2D eigenvalue weighted by Crippen LogP contribution is 2.27. The van der Waals surface area contributed by atoms with Gasteiger partial charge in [-0.1, -0.05) is 12.1 Å². The van der Waals surface area contributed by atoms with E-state index in [0.717, 1.165) is 16.8 Å². The van der Waals surface area contributed by atoms with Gasteiger partial charge in [-0.05, 0) is 42.8 Å². The van der Waals surface area contributed by atoms with E-state index in [9.17, 15) is 4.39 Å². The molecular weight excluding hydrogens is 369 g/mol. The lowest BCUT2D eigenvalue weighted by Crippen LogP contribution is -2.09. The molecule has 0 radical (unpaired) electrons. The molecule has 3 aromatic heterocycles. The summed E-state index contributed by atoms with van der Waals surface area (Å²) in [5.74, 6) is 1.64. The van der Waals surface area contributed by atoms with Gasteiger partial charge >= 0.3 is 0 Å². The SMILES string of the molecule is CC(Nc1cc(-c2ccnn2C)cc(Nc2cnccn2)n1)c1ccc(F)cc1. The van der Waals surface area contributed by atoms with E-state index in [1.165, 1.54) is 12.1 Å². The predicted molar refractivity (Wildman–Crippen MR) is 110 cm³/mol. The molecule has 0 aliphatic heterocycles. The summed E-state index contributed by atoms with van der Waals surface area (Å²) in [6, 6.07) is 12.2. The Morgan fingerprint density at radius 1 is 0.966 bits per heavy atom. The number of anilines is 3. The van der Waals surface area contributed by atoms with Crippen LogP contribution < -0.4 is 10.6 Å². The van der Waals surface area contributed by atoms with Gasteiger partial charge in [0.2, 0.25) is 0 Å². The summed E-state index contributed by atoms with van der Waals surface area (Å²) in [5.41, 5.74) is 2.86. The summed E-state index contributed by atoms with van der Waals surface area (Å²) in [5, 5.41) is 10.8. The minimum absolute atomic E-state index is 0.0609. The third-order valence-electron chi connectivity index (χ3n) is 4.50. The molecule has 0 aliphatic carbocycles. The van der Waals surface area contributed by atoms with Crippen molar-refractivity contribution in [1.29, 1.82) is 0 Å². The van der Waals surface area contributed by atoms with E-state index in [0.29, 0.717) is 17.5 Å². The summed E-state index contributed by atoms with van der Waals surface area (Å²) >= 11 is 0. The van der Waals surface area contributed by atoms with Crippen LogP contribution in [0.1, 0.15) is 18.5 Å². The quantitative estimate of drug-likeness (QED) is 0.511. The lowest BCUT2D eigenvalue weighted by Gasteiger charge is -2.17.